The zero-order valence-corrected chi connectivity index (χ0v) is 12.5. The van der Waals surface area contributed by atoms with Crippen molar-refractivity contribution in [3.63, 3.8) is 0 Å². The summed E-state index contributed by atoms with van der Waals surface area (Å²) >= 11 is 0. The Bertz CT molecular complexity index is 522. The highest BCUT2D eigenvalue weighted by atomic mass is 16.5. The van der Waals surface area contributed by atoms with Gasteiger partial charge in [-0.25, -0.2) is 0 Å². The largest absolute Gasteiger partial charge is 0.497 e. The first-order valence-corrected chi connectivity index (χ1v) is 7.08. The van der Waals surface area contributed by atoms with Crippen LogP contribution in [0.15, 0.2) is 24.3 Å². The van der Waals surface area contributed by atoms with E-state index in [1.807, 2.05) is 0 Å². The van der Waals surface area contributed by atoms with Gasteiger partial charge in [0.25, 0.3) is 0 Å². The third-order valence-corrected chi connectivity index (χ3v) is 3.78. The Labute approximate surface area is 124 Å². The maximum Gasteiger partial charge on any atom is 0.317 e. The first-order valence-electron chi connectivity index (χ1n) is 7.08. The average molecular weight is 292 g/mol. The van der Waals surface area contributed by atoms with Crippen LogP contribution in [0.3, 0.4) is 0 Å². The predicted molar refractivity (Wildman–Crippen MR) is 76.0 cm³/mol. The Hall–Kier alpha value is -2.04. The van der Waals surface area contributed by atoms with Crippen LogP contribution in [0.5, 0.6) is 5.75 Å². The molecule has 0 unspecified atom stereocenters. The van der Waals surface area contributed by atoms with Gasteiger partial charge >= 0.3 is 11.9 Å². The number of carbonyl (C=O) groups is 2. The standard InChI is InChI=1S/C16H20O5/c1-4-20-14(17)13-10-16(13,15(18)21-5-2)11-6-8-12(19-3)9-7-11/h6-9,13H,4-5,10H2,1-3H3/t13-,16+/m1/s1. The molecular weight excluding hydrogens is 272 g/mol. The van der Waals surface area contributed by atoms with E-state index in [9.17, 15) is 9.59 Å². The molecule has 0 radical (unpaired) electrons. The highest BCUT2D eigenvalue weighted by molar-refractivity contribution is 5.96. The predicted octanol–water partition coefficient (Wildman–Crippen LogP) is 2.08. The second-order valence-electron chi connectivity index (χ2n) is 4.93. The lowest BCUT2D eigenvalue weighted by Crippen LogP contribution is -2.28. The Balaban J connectivity index is 2.29. The summed E-state index contributed by atoms with van der Waals surface area (Å²) in [5.41, 5.74) is -0.144. The van der Waals surface area contributed by atoms with Gasteiger partial charge in [0.15, 0.2) is 0 Å². The van der Waals surface area contributed by atoms with Gasteiger partial charge in [-0.3, -0.25) is 9.59 Å². The average Bonchev–Trinajstić information content (AvgIpc) is 3.25. The second-order valence-corrected chi connectivity index (χ2v) is 4.93. The summed E-state index contributed by atoms with van der Waals surface area (Å²) in [5.74, 6) is -0.481. The Morgan fingerprint density at radius 2 is 1.76 bits per heavy atom. The minimum atomic E-state index is -0.908. The molecule has 1 saturated carbocycles. The van der Waals surface area contributed by atoms with Crippen LogP contribution in [0.1, 0.15) is 25.8 Å². The minimum absolute atomic E-state index is 0.284. The number of rotatable bonds is 6. The van der Waals surface area contributed by atoms with Gasteiger partial charge in [-0.15, -0.1) is 0 Å². The van der Waals surface area contributed by atoms with E-state index < -0.39 is 11.3 Å². The van der Waals surface area contributed by atoms with Crippen LogP contribution in [0.2, 0.25) is 0 Å². The molecule has 0 bridgehead atoms. The first kappa shape index (κ1) is 15.4. The SMILES string of the molecule is CCOC(=O)[C@H]1C[C@]1(C(=O)OCC)c1ccc(OC)cc1. The van der Waals surface area contributed by atoms with Gasteiger partial charge in [-0.2, -0.15) is 0 Å². The summed E-state index contributed by atoms with van der Waals surface area (Å²) in [6, 6.07) is 7.15. The van der Waals surface area contributed by atoms with Gasteiger partial charge in [0, 0.05) is 0 Å². The van der Waals surface area contributed by atoms with Gasteiger partial charge in [0.1, 0.15) is 11.2 Å². The molecule has 0 N–H and O–H groups in total. The summed E-state index contributed by atoms with van der Waals surface area (Å²) < 4.78 is 15.3. The van der Waals surface area contributed by atoms with Gasteiger partial charge < -0.3 is 14.2 Å². The molecule has 0 aromatic heterocycles. The second kappa shape index (κ2) is 6.16. The maximum atomic E-state index is 12.3. The van der Waals surface area contributed by atoms with Crippen LogP contribution in [0, 0.1) is 5.92 Å². The minimum Gasteiger partial charge on any atom is -0.497 e. The number of hydrogen-bond donors (Lipinski definition) is 0. The molecule has 2 rings (SSSR count). The zero-order valence-electron chi connectivity index (χ0n) is 12.5. The van der Waals surface area contributed by atoms with E-state index in [1.165, 1.54) is 0 Å². The molecule has 21 heavy (non-hydrogen) atoms. The quantitative estimate of drug-likeness (QED) is 0.751. The van der Waals surface area contributed by atoms with Crippen molar-refractivity contribution >= 4 is 11.9 Å². The van der Waals surface area contributed by atoms with Crippen LogP contribution in [-0.2, 0) is 24.5 Å². The van der Waals surface area contributed by atoms with Gasteiger partial charge in [0.05, 0.1) is 26.2 Å². The molecule has 114 valence electrons. The van der Waals surface area contributed by atoms with Crippen molar-refractivity contribution in [2.45, 2.75) is 25.7 Å². The van der Waals surface area contributed by atoms with Crippen molar-refractivity contribution in [3.05, 3.63) is 29.8 Å². The van der Waals surface area contributed by atoms with Crippen LogP contribution in [0.25, 0.3) is 0 Å². The molecule has 0 saturated heterocycles. The Morgan fingerprint density at radius 1 is 1.14 bits per heavy atom. The van der Waals surface area contributed by atoms with E-state index in [0.717, 1.165) is 5.56 Å². The molecule has 0 amide bonds. The highest BCUT2D eigenvalue weighted by Gasteiger charge is 2.66. The molecular formula is C16H20O5. The molecule has 1 aromatic rings. The van der Waals surface area contributed by atoms with Crippen molar-refractivity contribution in [1.29, 1.82) is 0 Å². The molecule has 2 atom stereocenters. The maximum absolute atomic E-state index is 12.3. The smallest absolute Gasteiger partial charge is 0.317 e. The van der Waals surface area contributed by atoms with E-state index in [2.05, 4.69) is 0 Å². The summed E-state index contributed by atoms with van der Waals surface area (Å²) in [5, 5.41) is 0. The third-order valence-electron chi connectivity index (χ3n) is 3.78. The number of methoxy groups -OCH3 is 1. The van der Waals surface area contributed by atoms with E-state index in [4.69, 9.17) is 14.2 Å². The van der Waals surface area contributed by atoms with Crippen LogP contribution in [0.4, 0.5) is 0 Å². The highest BCUT2D eigenvalue weighted by Crippen LogP contribution is 2.56. The molecule has 5 heteroatoms. The third kappa shape index (κ3) is 2.73. The van der Waals surface area contributed by atoms with Crippen LogP contribution in [-0.4, -0.2) is 32.3 Å². The van der Waals surface area contributed by atoms with E-state index in [1.54, 1.807) is 45.2 Å². The van der Waals surface area contributed by atoms with Crippen molar-refractivity contribution < 1.29 is 23.8 Å². The first-order chi connectivity index (χ1) is 10.1. The lowest BCUT2D eigenvalue weighted by molar-refractivity contribution is -0.152. The number of carbonyl (C=O) groups excluding carboxylic acids is 2. The number of esters is 2. The molecule has 1 aromatic carbocycles. The van der Waals surface area contributed by atoms with Gasteiger partial charge in [-0.1, -0.05) is 12.1 Å². The number of benzene rings is 1. The Kier molecular flexibility index (Phi) is 4.50. The van der Waals surface area contributed by atoms with E-state index in [0.29, 0.717) is 18.8 Å². The summed E-state index contributed by atoms with van der Waals surface area (Å²) in [6.45, 7) is 4.09. The summed E-state index contributed by atoms with van der Waals surface area (Å²) in [4.78, 5) is 24.3. The van der Waals surface area contributed by atoms with Crippen LogP contribution >= 0.6 is 0 Å². The zero-order chi connectivity index (χ0) is 15.5. The van der Waals surface area contributed by atoms with E-state index >= 15 is 0 Å². The molecule has 1 fully saturated rings. The normalized spacial score (nSPS) is 23.3. The summed E-state index contributed by atoms with van der Waals surface area (Å²) in [7, 11) is 1.58. The van der Waals surface area contributed by atoms with Gasteiger partial charge in [-0.05, 0) is 38.0 Å². The van der Waals surface area contributed by atoms with Crippen molar-refractivity contribution in [2.24, 2.45) is 5.92 Å². The molecule has 0 aliphatic heterocycles. The fourth-order valence-electron chi connectivity index (χ4n) is 2.60. The lowest BCUT2D eigenvalue weighted by atomic mass is 9.93. The molecule has 1 aliphatic carbocycles. The lowest BCUT2D eigenvalue weighted by Gasteiger charge is -2.16. The number of ether oxygens (including phenoxy) is 3. The fraction of sp³-hybridized carbons (Fsp3) is 0.500. The molecule has 0 spiro atoms. The topological polar surface area (TPSA) is 61.8 Å². The van der Waals surface area contributed by atoms with Crippen LogP contribution < -0.4 is 4.74 Å². The molecule has 0 heterocycles. The van der Waals surface area contributed by atoms with E-state index in [-0.39, 0.29) is 18.5 Å². The monoisotopic (exact) mass is 292 g/mol. The number of hydrogen-bond acceptors (Lipinski definition) is 5. The van der Waals surface area contributed by atoms with Crippen molar-refractivity contribution in [2.75, 3.05) is 20.3 Å². The molecule has 1 aliphatic rings. The fourth-order valence-corrected chi connectivity index (χ4v) is 2.60. The van der Waals surface area contributed by atoms with Crippen molar-refractivity contribution in [3.8, 4) is 5.75 Å². The molecule has 5 nitrogen and oxygen atoms in total. The summed E-state index contributed by atoms with van der Waals surface area (Å²) in [6.07, 6.45) is 0.428. The Morgan fingerprint density at radius 3 is 2.29 bits per heavy atom. The van der Waals surface area contributed by atoms with Crippen molar-refractivity contribution in [1.82, 2.24) is 0 Å². The van der Waals surface area contributed by atoms with Gasteiger partial charge in [0.2, 0.25) is 0 Å².